The molecular formula is C15H16N2O2S. The number of carbonyl (C=O) groups is 1. The van der Waals surface area contributed by atoms with E-state index in [1.54, 1.807) is 36.2 Å². The van der Waals surface area contributed by atoms with Crippen molar-refractivity contribution in [3.63, 3.8) is 0 Å². The summed E-state index contributed by atoms with van der Waals surface area (Å²) in [6.07, 6.45) is 2.78. The van der Waals surface area contributed by atoms with Crippen LogP contribution in [0.25, 0.3) is 0 Å². The molecule has 0 spiro atoms. The van der Waals surface area contributed by atoms with Gasteiger partial charge in [-0.05, 0) is 24.0 Å². The molecule has 0 saturated heterocycles. The van der Waals surface area contributed by atoms with E-state index in [-0.39, 0.29) is 12.3 Å². The first-order chi connectivity index (χ1) is 9.69. The first kappa shape index (κ1) is 14.6. The third-order valence-corrected chi connectivity index (χ3v) is 3.45. The van der Waals surface area contributed by atoms with Gasteiger partial charge in [0.25, 0.3) is 0 Å². The van der Waals surface area contributed by atoms with Crippen LogP contribution >= 0.6 is 11.8 Å². The lowest BCUT2D eigenvalue weighted by atomic mass is 10.1. The summed E-state index contributed by atoms with van der Waals surface area (Å²) in [5.41, 5.74) is 1.37. The first-order valence-corrected chi connectivity index (χ1v) is 7.44. The van der Waals surface area contributed by atoms with Crippen LogP contribution in [-0.4, -0.2) is 22.3 Å². The number of amides is 1. The molecule has 1 atom stereocenters. The third-order valence-electron chi connectivity index (χ3n) is 2.79. The first-order valence-electron chi connectivity index (χ1n) is 6.22. The molecule has 2 aromatic rings. The predicted molar refractivity (Wildman–Crippen MR) is 80.7 cm³/mol. The van der Waals surface area contributed by atoms with Gasteiger partial charge in [-0.3, -0.25) is 4.79 Å². The molecule has 0 bridgehead atoms. The van der Waals surface area contributed by atoms with Crippen molar-refractivity contribution in [3.05, 3.63) is 54.2 Å². The monoisotopic (exact) mass is 288 g/mol. The van der Waals surface area contributed by atoms with Crippen LogP contribution in [0.2, 0.25) is 0 Å². The Kier molecular flexibility index (Phi) is 5.15. The fourth-order valence-electron chi connectivity index (χ4n) is 1.76. The Balaban J connectivity index is 1.91. The van der Waals surface area contributed by atoms with Crippen LogP contribution in [0.5, 0.6) is 0 Å². The second kappa shape index (κ2) is 7.07. The number of anilines is 1. The predicted octanol–water partition coefficient (Wildman–Crippen LogP) is 2.87. The molecule has 4 nitrogen and oxygen atoms in total. The maximum atomic E-state index is 11.8. The van der Waals surface area contributed by atoms with Crippen LogP contribution in [-0.2, 0) is 4.79 Å². The van der Waals surface area contributed by atoms with Crippen molar-refractivity contribution in [2.45, 2.75) is 17.6 Å². The zero-order valence-electron chi connectivity index (χ0n) is 11.1. The molecule has 104 valence electrons. The molecule has 1 unspecified atom stereocenters. The highest BCUT2D eigenvalue weighted by atomic mass is 32.2. The molecule has 1 heterocycles. The standard InChI is InChI=1S/C15H16N2O2S/c1-20-15-8-7-12(10-16-15)17-14(19)9-13(18)11-5-3-2-4-6-11/h2-8,10,13,18H,9H2,1H3,(H,17,19). The smallest absolute Gasteiger partial charge is 0.227 e. The molecule has 5 heteroatoms. The Morgan fingerprint density at radius 1 is 1.30 bits per heavy atom. The minimum atomic E-state index is -0.797. The van der Waals surface area contributed by atoms with Gasteiger partial charge in [-0.15, -0.1) is 11.8 Å². The Morgan fingerprint density at radius 3 is 2.65 bits per heavy atom. The zero-order valence-corrected chi connectivity index (χ0v) is 11.9. The SMILES string of the molecule is CSc1ccc(NC(=O)CC(O)c2ccccc2)cn1. The number of benzene rings is 1. The van der Waals surface area contributed by atoms with Gasteiger partial charge in [-0.25, -0.2) is 4.98 Å². The molecule has 0 aliphatic heterocycles. The summed E-state index contributed by atoms with van der Waals surface area (Å²) in [4.78, 5) is 16.0. The second-order valence-electron chi connectivity index (χ2n) is 4.27. The van der Waals surface area contributed by atoms with Gasteiger partial charge in [0.2, 0.25) is 5.91 Å². The number of nitrogens with zero attached hydrogens (tertiary/aromatic N) is 1. The van der Waals surface area contributed by atoms with Crippen LogP contribution in [0.3, 0.4) is 0 Å². The number of hydrogen-bond acceptors (Lipinski definition) is 4. The third kappa shape index (κ3) is 4.08. The van der Waals surface area contributed by atoms with Gasteiger partial charge in [-0.1, -0.05) is 30.3 Å². The molecule has 20 heavy (non-hydrogen) atoms. The highest BCUT2D eigenvalue weighted by Crippen LogP contribution is 2.18. The largest absolute Gasteiger partial charge is 0.388 e. The number of aromatic nitrogens is 1. The highest BCUT2D eigenvalue weighted by molar-refractivity contribution is 7.98. The highest BCUT2D eigenvalue weighted by Gasteiger charge is 2.12. The summed E-state index contributed by atoms with van der Waals surface area (Å²) < 4.78 is 0. The number of hydrogen-bond donors (Lipinski definition) is 2. The van der Waals surface area contributed by atoms with Crippen molar-refractivity contribution in [1.29, 1.82) is 0 Å². The molecule has 1 amide bonds. The van der Waals surface area contributed by atoms with Crippen molar-refractivity contribution in [3.8, 4) is 0 Å². The van der Waals surface area contributed by atoms with E-state index in [4.69, 9.17) is 0 Å². The Morgan fingerprint density at radius 2 is 2.05 bits per heavy atom. The van der Waals surface area contributed by atoms with Crippen molar-refractivity contribution in [2.24, 2.45) is 0 Å². The van der Waals surface area contributed by atoms with E-state index in [0.717, 1.165) is 10.6 Å². The van der Waals surface area contributed by atoms with E-state index in [1.807, 2.05) is 30.5 Å². The van der Waals surface area contributed by atoms with Gasteiger partial charge < -0.3 is 10.4 Å². The number of nitrogens with one attached hydrogen (secondary N) is 1. The van der Waals surface area contributed by atoms with E-state index in [2.05, 4.69) is 10.3 Å². The van der Waals surface area contributed by atoms with Crippen LogP contribution in [0.15, 0.2) is 53.7 Å². The molecule has 1 aromatic carbocycles. The average molecular weight is 288 g/mol. The molecule has 0 aliphatic rings. The van der Waals surface area contributed by atoms with Gasteiger partial charge in [0, 0.05) is 0 Å². The molecule has 0 aliphatic carbocycles. The number of carbonyl (C=O) groups excluding carboxylic acids is 1. The van der Waals surface area contributed by atoms with Crippen LogP contribution in [0, 0.1) is 0 Å². The molecule has 2 rings (SSSR count). The van der Waals surface area contributed by atoms with Crippen molar-refractivity contribution in [2.75, 3.05) is 11.6 Å². The fourth-order valence-corrected chi connectivity index (χ4v) is 2.12. The molecule has 1 aromatic heterocycles. The average Bonchev–Trinajstić information content (AvgIpc) is 2.49. The van der Waals surface area contributed by atoms with E-state index in [0.29, 0.717) is 5.69 Å². The van der Waals surface area contributed by atoms with Gasteiger partial charge in [0.05, 0.1) is 29.4 Å². The lowest BCUT2D eigenvalue weighted by Gasteiger charge is -2.11. The number of aliphatic hydroxyl groups excluding tert-OH is 1. The maximum Gasteiger partial charge on any atom is 0.227 e. The Labute approximate surface area is 122 Å². The van der Waals surface area contributed by atoms with Crippen molar-refractivity contribution >= 4 is 23.4 Å². The summed E-state index contributed by atoms with van der Waals surface area (Å²) in [5.74, 6) is -0.236. The number of thioether (sulfide) groups is 1. The van der Waals surface area contributed by atoms with Gasteiger partial charge in [0.1, 0.15) is 0 Å². The van der Waals surface area contributed by atoms with Crippen molar-refractivity contribution in [1.82, 2.24) is 4.98 Å². The topological polar surface area (TPSA) is 62.2 Å². The minimum absolute atomic E-state index is 0.0221. The molecule has 0 radical (unpaired) electrons. The van der Waals surface area contributed by atoms with Crippen LogP contribution in [0.4, 0.5) is 5.69 Å². The van der Waals surface area contributed by atoms with E-state index < -0.39 is 6.10 Å². The maximum absolute atomic E-state index is 11.8. The van der Waals surface area contributed by atoms with Gasteiger partial charge in [0.15, 0.2) is 0 Å². The zero-order chi connectivity index (χ0) is 14.4. The normalized spacial score (nSPS) is 11.9. The summed E-state index contributed by atoms with van der Waals surface area (Å²) in [5, 5.41) is 13.6. The van der Waals surface area contributed by atoms with Gasteiger partial charge >= 0.3 is 0 Å². The summed E-state index contributed by atoms with van der Waals surface area (Å²) >= 11 is 1.54. The summed E-state index contributed by atoms with van der Waals surface area (Å²) in [6.45, 7) is 0. The lowest BCUT2D eigenvalue weighted by Crippen LogP contribution is -2.15. The molecular weight excluding hydrogens is 272 g/mol. The quantitative estimate of drug-likeness (QED) is 0.830. The number of rotatable bonds is 5. The number of pyridine rings is 1. The lowest BCUT2D eigenvalue weighted by molar-refractivity contribution is -0.118. The van der Waals surface area contributed by atoms with Crippen LogP contribution < -0.4 is 5.32 Å². The van der Waals surface area contributed by atoms with Crippen molar-refractivity contribution < 1.29 is 9.90 Å². The molecule has 0 fully saturated rings. The minimum Gasteiger partial charge on any atom is -0.388 e. The van der Waals surface area contributed by atoms with E-state index in [1.165, 1.54) is 0 Å². The second-order valence-corrected chi connectivity index (χ2v) is 5.09. The fraction of sp³-hybridized carbons (Fsp3) is 0.200. The Hall–Kier alpha value is -1.85. The van der Waals surface area contributed by atoms with E-state index in [9.17, 15) is 9.90 Å². The summed E-state index contributed by atoms with van der Waals surface area (Å²) in [7, 11) is 0. The molecule has 0 saturated carbocycles. The van der Waals surface area contributed by atoms with Gasteiger partial charge in [-0.2, -0.15) is 0 Å². The molecule has 2 N–H and O–H groups in total. The van der Waals surface area contributed by atoms with Crippen LogP contribution in [0.1, 0.15) is 18.1 Å². The summed E-state index contributed by atoms with van der Waals surface area (Å²) in [6, 6.07) is 12.8. The van der Waals surface area contributed by atoms with E-state index >= 15 is 0 Å². The Bertz CT molecular complexity index is 558. The number of aliphatic hydroxyl groups is 1.